The molecule has 0 spiro atoms. The van der Waals surface area contributed by atoms with Gasteiger partial charge in [0.2, 0.25) is 5.91 Å². The van der Waals surface area contributed by atoms with Gasteiger partial charge < -0.3 is 14.5 Å². The normalized spacial score (nSPS) is 24.0. The van der Waals surface area contributed by atoms with Crippen LogP contribution in [0.1, 0.15) is 32.8 Å². The summed E-state index contributed by atoms with van der Waals surface area (Å²) in [6, 6.07) is 8.89. The zero-order valence-electron chi connectivity index (χ0n) is 13.8. The number of para-hydroxylation sites is 1. The fourth-order valence-electron chi connectivity index (χ4n) is 3.79. The summed E-state index contributed by atoms with van der Waals surface area (Å²) in [5.41, 5.74) is 2.73. The molecule has 22 heavy (non-hydrogen) atoms. The highest BCUT2D eigenvalue weighted by atomic mass is 16.5. The second-order valence-corrected chi connectivity index (χ2v) is 7.08. The molecular weight excluding hydrogens is 276 g/mol. The molecule has 4 heteroatoms. The van der Waals surface area contributed by atoms with Gasteiger partial charge in [-0.2, -0.15) is 0 Å². The van der Waals surface area contributed by atoms with Crippen molar-refractivity contribution in [1.29, 1.82) is 0 Å². The Labute approximate surface area is 133 Å². The number of hydrogen-bond acceptors (Lipinski definition) is 3. The number of anilines is 1. The Morgan fingerprint density at radius 3 is 2.68 bits per heavy atom. The first-order valence-corrected chi connectivity index (χ1v) is 8.21. The SMILES string of the molecule is CC1CC(C)(C)c2ccccc2N1CC(=O)N1CCOCC1. The Kier molecular flexibility index (Phi) is 4.13. The molecule has 1 aromatic carbocycles. The molecule has 2 heterocycles. The van der Waals surface area contributed by atoms with E-state index in [4.69, 9.17) is 4.74 Å². The summed E-state index contributed by atoms with van der Waals surface area (Å²) in [5.74, 6) is 0.213. The second kappa shape index (κ2) is 5.92. The molecule has 3 rings (SSSR count). The van der Waals surface area contributed by atoms with Crippen molar-refractivity contribution in [3.05, 3.63) is 29.8 Å². The topological polar surface area (TPSA) is 32.8 Å². The van der Waals surface area contributed by atoms with Crippen LogP contribution >= 0.6 is 0 Å². The number of ether oxygens (including phenoxy) is 1. The number of hydrogen-bond donors (Lipinski definition) is 0. The minimum absolute atomic E-state index is 0.161. The van der Waals surface area contributed by atoms with Crippen LogP contribution in [0.3, 0.4) is 0 Å². The maximum absolute atomic E-state index is 12.6. The van der Waals surface area contributed by atoms with Crippen molar-refractivity contribution in [3.63, 3.8) is 0 Å². The minimum atomic E-state index is 0.161. The number of morpholine rings is 1. The van der Waals surface area contributed by atoms with Gasteiger partial charge in [0, 0.05) is 24.8 Å². The number of carbonyl (C=O) groups excluding carboxylic acids is 1. The summed E-state index contributed by atoms with van der Waals surface area (Å²) in [5, 5.41) is 0. The Bertz CT molecular complexity index is 550. The van der Waals surface area contributed by atoms with Crippen molar-refractivity contribution in [2.75, 3.05) is 37.7 Å². The van der Waals surface area contributed by atoms with Crippen LogP contribution in [0.4, 0.5) is 5.69 Å². The molecule has 1 fully saturated rings. The first-order chi connectivity index (χ1) is 10.5. The van der Waals surface area contributed by atoms with Gasteiger partial charge in [-0.1, -0.05) is 32.0 Å². The lowest BCUT2D eigenvalue weighted by Crippen LogP contribution is -2.51. The lowest BCUT2D eigenvalue weighted by Gasteiger charge is -2.45. The zero-order valence-corrected chi connectivity index (χ0v) is 13.8. The highest BCUT2D eigenvalue weighted by Crippen LogP contribution is 2.42. The smallest absolute Gasteiger partial charge is 0.242 e. The summed E-state index contributed by atoms with van der Waals surface area (Å²) in [7, 11) is 0. The Balaban J connectivity index is 1.82. The van der Waals surface area contributed by atoms with E-state index in [1.165, 1.54) is 11.3 Å². The Hall–Kier alpha value is -1.55. The van der Waals surface area contributed by atoms with Crippen LogP contribution in [0.5, 0.6) is 0 Å². The second-order valence-electron chi connectivity index (χ2n) is 7.08. The van der Waals surface area contributed by atoms with E-state index >= 15 is 0 Å². The lowest BCUT2D eigenvalue weighted by molar-refractivity contribution is -0.133. The van der Waals surface area contributed by atoms with Gasteiger partial charge in [-0.3, -0.25) is 4.79 Å². The highest BCUT2D eigenvalue weighted by molar-refractivity contribution is 5.82. The maximum Gasteiger partial charge on any atom is 0.242 e. The molecule has 1 amide bonds. The molecule has 1 aromatic rings. The third-order valence-electron chi connectivity index (χ3n) is 4.95. The van der Waals surface area contributed by atoms with E-state index in [9.17, 15) is 4.79 Å². The standard InChI is InChI=1S/C18H26N2O2/c1-14-12-18(2,3)15-6-4-5-7-16(15)20(14)13-17(21)19-8-10-22-11-9-19/h4-7,14H,8-13H2,1-3H3. The van der Waals surface area contributed by atoms with Gasteiger partial charge in [0.25, 0.3) is 0 Å². The maximum atomic E-state index is 12.6. The number of fused-ring (bicyclic) bond motifs is 1. The first-order valence-electron chi connectivity index (χ1n) is 8.21. The van der Waals surface area contributed by atoms with E-state index in [1.807, 2.05) is 4.90 Å². The summed E-state index contributed by atoms with van der Waals surface area (Å²) in [6.45, 7) is 10.0. The fourth-order valence-corrected chi connectivity index (χ4v) is 3.79. The number of amides is 1. The minimum Gasteiger partial charge on any atom is -0.378 e. The van der Waals surface area contributed by atoms with Gasteiger partial charge >= 0.3 is 0 Å². The molecule has 0 aliphatic carbocycles. The van der Waals surface area contributed by atoms with Gasteiger partial charge in [0.05, 0.1) is 19.8 Å². The Morgan fingerprint density at radius 1 is 1.27 bits per heavy atom. The van der Waals surface area contributed by atoms with Crippen LogP contribution in [-0.4, -0.2) is 49.7 Å². The quantitative estimate of drug-likeness (QED) is 0.841. The summed E-state index contributed by atoms with van der Waals surface area (Å²) >= 11 is 0. The van der Waals surface area contributed by atoms with Crippen LogP contribution < -0.4 is 4.90 Å². The number of nitrogens with zero attached hydrogens (tertiary/aromatic N) is 2. The van der Waals surface area contributed by atoms with Crippen molar-refractivity contribution in [2.24, 2.45) is 0 Å². The molecule has 2 aliphatic rings. The lowest BCUT2D eigenvalue weighted by atomic mass is 9.75. The van der Waals surface area contributed by atoms with Gasteiger partial charge in [0.15, 0.2) is 0 Å². The van der Waals surface area contributed by atoms with Crippen LogP contribution in [0.25, 0.3) is 0 Å². The van der Waals surface area contributed by atoms with E-state index in [-0.39, 0.29) is 11.3 Å². The van der Waals surface area contributed by atoms with E-state index in [2.05, 4.69) is 49.9 Å². The van der Waals surface area contributed by atoms with Crippen LogP contribution in [0.15, 0.2) is 24.3 Å². The number of benzene rings is 1. The van der Waals surface area contributed by atoms with Gasteiger partial charge in [-0.15, -0.1) is 0 Å². The van der Waals surface area contributed by atoms with Crippen molar-refractivity contribution in [1.82, 2.24) is 4.90 Å². The van der Waals surface area contributed by atoms with Crippen molar-refractivity contribution >= 4 is 11.6 Å². The first kappa shape index (κ1) is 15.3. The predicted octanol–water partition coefficient (Wildman–Crippen LogP) is 2.42. The number of carbonyl (C=O) groups is 1. The van der Waals surface area contributed by atoms with Crippen LogP contribution in [0.2, 0.25) is 0 Å². The van der Waals surface area contributed by atoms with E-state index in [1.54, 1.807) is 0 Å². The molecule has 1 atom stereocenters. The average Bonchev–Trinajstić information content (AvgIpc) is 2.52. The summed E-state index contributed by atoms with van der Waals surface area (Å²) in [4.78, 5) is 16.8. The van der Waals surface area contributed by atoms with Crippen LogP contribution in [0, 0.1) is 0 Å². The Morgan fingerprint density at radius 2 is 1.95 bits per heavy atom. The molecule has 1 saturated heterocycles. The molecular formula is C18H26N2O2. The highest BCUT2D eigenvalue weighted by Gasteiger charge is 2.36. The molecule has 1 unspecified atom stereocenters. The third kappa shape index (κ3) is 2.84. The molecule has 0 bridgehead atoms. The van der Waals surface area contributed by atoms with E-state index in [0.717, 1.165) is 6.42 Å². The number of rotatable bonds is 2. The molecule has 0 aromatic heterocycles. The van der Waals surface area contributed by atoms with Gasteiger partial charge in [0.1, 0.15) is 0 Å². The zero-order chi connectivity index (χ0) is 15.7. The van der Waals surface area contributed by atoms with Crippen molar-refractivity contribution in [3.8, 4) is 0 Å². The summed E-state index contributed by atoms with van der Waals surface area (Å²) < 4.78 is 5.34. The molecule has 4 nitrogen and oxygen atoms in total. The van der Waals surface area contributed by atoms with E-state index < -0.39 is 0 Å². The predicted molar refractivity (Wildman–Crippen MR) is 88.3 cm³/mol. The van der Waals surface area contributed by atoms with E-state index in [0.29, 0.717) is 38.9 Å². The molecule has 0 radical (unpaired) electrons. The summed E-state index contributed by atoms with van der Waals surface area (Å²) in [6.07, 6.45) is 1.07. The van der Waals surface area contributed by atoms with Crippen LogP contribution in [-0.2, 0) is 14.9 Å². The monoisotopic (exact) mass is 302 g/mol. The van der Waals surface area contributed by atoms with Crippen molar-refractivity contribution in [2.45, 2.75) is 38.6 Å². The third-order valence-corrected chi connectivity index (χ3v) is 4.95. The van der Waals surface area contributed by atoms with Gasteiger partial charge in [-0.25, -0.2) is 0 Å². The molecule has 120 valence electrons. The molecule has 0 N–H and O–H groups in total. The average molecular weight is 302 g/mol. The fraction of sp³-hybridized carbons (Fsp3) is 0.611. The largest absolute Gasteiger partial charge is 0.378 e. The molecule has 0 saturated carbocycles. The molecule has 2 aliphatic heterocycles. The van der Waals surface area contributed by atoms with Gasteiger partial charge in [-0.05, 0) is 30.4 Å². The van der Waals surface area contributed by atoms with Crippen molar-refractivity contribution < 1.29 is 9.53 Å².